The summed E-state index contributed by atoms with van der Waals surface area (Å²) in [6, 6.07) is 7.56. The summed E-state index contributed by atoms with van der Waals surface area (Å²) in [5.41, 5.74) is 8.44. The molecule has 98 valence electrons. The summed E-state index contributed by atoms with van der Waals surface area (Å²) in [5.74, 6) is 0.0641. The summed E-state index contributed by atoms with van der Waals surface area (Å²) < 4.78 is 5.32. The van der Waals surface area contributed by atoms with E-state index in [1.807, 2.05) is 25.1 Å². The number of aryl methyl sites for hydroxylation is 2. The topological polar surface area (TPSA) is 78.1 Å². The van der Waals surface area contributed by atoms with Gasteiger partial charge in [-0.3, -0.25) is 4.79 Å². The Balaban J connectivity index is 2.64. The fourth-order valence-corrected chi connectivity index (χ4v) is 1.84. The number of nitrogens with zero attached hydrogens (tertiary/aromatic N) is 2. The normalized spacial score (nSPS) is 10.3. The fraction of sp³-hybridized carbons (Fsp3) is 0.214. The number of rotatable bonds is 3. The van der Waals surface area contributed by atoms with Gasteiger partial charge in [-0.1, -0.05) is 11.6 Å². The lowest BCUT2D eigenvalue weighted by atomic mass is 10.1. The van der Waals surface area contributed by atoms with Crippen molar-refractivity contribution in [3.63, 3.8) is 0 Å². The number of aromatic nitrogens is 2. The number of methoxy groups -OCH3 is 1. The summed E-state index contributed by atoms with van der Waals surface area (Å²) in [4.78, 5) is 19.4. The molecule has 0 aliphatic carbocycles. The van der Waals surface area contributed by atoms with E-state index < -0.39 is 5.91 Å². The zero-order valence-electron chi connectivity index (χ0n) is 11.1. The summed E-state index contributed by atoms with van der Waals surface area (Å²) in [6.07, 6.45) is 0. The van der Waals surface area contributed by atoms with E-state index in [4.69, 9.17) is 10.5 Å². The number of benzene rings is 1. The molecule has 0 unspecified atom stereocenters. The Morgan fingerprint density at radius 1 is 1.21 bits per heavy atom. The lowest BCUT2D eigenvalue weighted by Gasteiger charge is -2.10. The molecule has 0 atom stereocenters. The first-order valence-electron chi connectivity index (χ1n) is 5.81. The maximum absolute atomic E-state index is 11.2. The third-order valence-corrected chi connectivity index (χ3v) is 2.71. The van der Waals surface area contributed by atoms with Crippen LogP contribution in [-0.2, 0) is 0 Å². The fourth-order valence-electron chi connectivity index (χ4n) is 1.84. The van der Waals surface area contributed by atoms with E-state index in [2.05, 4.69) is 9.97 Å². The van der Waals surface area contributed by atoms with Crippen LogP contribution in [0.3, 0.4) is 0 Å². The van der Waals surface area contributed by atoms with Crippen LogP contribution in [0.2, 0.25) is 0 Å². The summed E-state index contributed by atoms with van der Waals surface area (Å²) in [7, 11) is 1.59. The Hall–Kier alpha value is -2.43. The second kappa shape index (κ2) is 5.06. The summed E-state index contributed by atoms with van der Waals surface area (Å²) in [5, 5.41) is 0. The number of carbonyl (C=O) groups excluding carboxylic acids is 1. The molecule has 0 saturated carbocycles. The molecule has 0 bridgehead atoms. The van der Waals surface area contributed by atoms with Crippen molar-refractivity contribution >= 4 is 5.91 Å². The van der Waals surface area contributed by atoms with Gasteiger partial charge in [0.2, 0.25) is 5.82 Å². The van der Waals surface area contributed by atoms with E-state index in [-0.39, 0.29) is 5.82 Å². The molecule has 1 heterocycles. The van der Waals surface area contributed by atoms with Crippen LogP contribution in [0.1, 0.15) is 21.9 Å². The zero-order chi connectivity index (χ0) is 14.0. The maximum atomic E-state index is 11.2. The van der Waals surface area contributed by atoms with Gasteiger partial charge in [-0.05, 0) is 32.0 Å². The highest BCUT2D eigenvalue weighted by Gasteiger charge is 2.12. The molecule has 5 nitrogen and oxygen atoms in total. The van der Waals surface area contributed by atoms with Crippen molar-refractivity contribution in [2.24, 2.45) is 5.73 Å². The van der Waals surface area contributed by atoms with E-state index in [1.54, 1.807) is 20.1 Å². The molecular formula is C14H15N3O2. The first-order chi connectivity index (χ1) is 9.01. The largest absolute Gasteiger partial charge is 0.496 e. The average Bonchev–Trinajstić information content (AvgIpc) is 2.37. The molecule has 0 saturated heterocycles. The van der Waals surface area contributed by atoms with Crippen LogP contribution in [-0.4, -0.2) is 23.0 Å². The molecular weight excluding hydrogens is 242 g/mol. The molecule has 1 aromatic carbocycles. The van der Waals surface area contributed by atoms with Gasteiger partial charge >= 0.3 is 0 Å². The van der Waals surface area contributed by atoms with Gasteiger partial charge in [0, 0.05) is 11.3 Å². The number of hydrogen-bond donors (Lipinski definition) is 1. The summed E-state index contributed by atoms with van der Waals surface area (Å²) >= 11 is 0. The van der Waals surface area contributed by atoms with Gasteiger partial charge in [0.1, 0.15) is 5.75 Å². The second-order valence-electron chi connectivity index (χ2n) is 4.29. The number of carbonyl (C=O) groups is 1. The van der Waals surface area contributed by atoms with E-state index in [1.165, 1.54) is 0 Å². The standard InChI is InChI=1S/C14H15N3O2/c1-8-4-5-12(19-3)10(6-8)11-7-9(2)16-14(17-11)13(15)18/h4-7H,1-3H3,(H2,15,18). The first-order valence-corrected chi connectivity index (χ1v) is 5.81. The van der Waals surface area contributed by atoms with Crippen molar-refractivity contribution in [3.8, 4) is 17.0 Å². The molecule has 19 heavy (non-hydrogen) atoms. The Kier molecular flexibility index (Phi) is 3.46. The van der Waals surface area contributed by atoms with Crippen LogP contribution in [0.5, 0.6) is 5.75 Å². The molecule has 1 amide bonds. The molecule has 0 fully saturated rings. The van der Waals surface area contributed by atoms with Crippen LogP contribution >= 0.6 is 0 Å². The number of primary amides is 1. The third kappa shape index (κ3) is 2.70. The quantitative estimate of drug-likeness (QED) is 0.910. The zero-order valence-corrected chi connectivity index (χ0v) is 11.1. The Bertz CT molecular complexity index is 639. The van der Waals surface area contributed by atoms with Gasteiger partial charge in [0.15, 0.2) is 0 Å². The molecule has 0 radical (unpaired) electrons. The Morgan fingerprint density at radius 3 is 2.58 bits per heavy atom. The van der Waals surface area contributed by atoms with Crippen LogP contribution in [0.4, 0.5) is 0 Å². The van der Waals surface area contributed by atoms with Crippen molar-refractivity contribution in [2.45, 2.75) is 13.8 Å². The molecule has 0 aliphatic heterocycles. The van der Waals surface area contributed by atoms with Crippen LogP contribution < -0.4 is 10.5 Å². The monoisotopic (exact) mass is 257 g/mol. The Labute approximate surface area is 111 Å². The van der Waals surface area contributed by atoms with E-state index in [0.29, 0.717) is 17.1 Å². The Morgan fingerprint density at radius 2 is 1.95 bits per heavy atom. The van der Waals surface area contributed by atoms with E-state index >= 15 is 0 Å². The van der Waals surface area contributed by atoms with Gasteiger partial charge < -0.3 is 10.5 Å². The van der Waals surface area contributed by atoms with E-state index in [9.17, 15) is 4.79 Å². The van der Waals surface area contributed by atoms with Crippen LogP contribution in [0, 0.1) is 13.8 Å². The summed E-state index contributed by atoms with van der Waals surface area (Å²) in [6.45, 7) is 3.77. The molecule has 2 N–H and O–H groups in total. The second-order valence-corrected chi connectivity index (χ2v) is 4.29. The minimum atomic E-state index is -0.642. The van der Waals surface area contributed by atoms with Crippen molar-refractivity contribution in [3.05, 3.63) is 41.3 Å². The van der Waals surface area contributed by atoms with Crippen molar-refractivity contribution in [2.75, 3.05) is 7.11 Å². The number of nitrogens with two attached hydrogens (primary N) is 1. The smallest absolute Gasteiger partial charge is 0.286 e. The number of amides is 1. The number of ether oxygens (including phenoxy) is 1. The third-order valence-electron chi connectivity index (χ3n) is 2.71. The van der Waals surface area contributed by atoms with Crippen LogP contribution in [0.15, 0.2) is 24.3 Å². The molecule has 5 heteroatoms. The van der Waals surface area contributed by atoms with Gasteiger partial charge in [-0.25, -0.2) is 9.97 Å². The molecule has 0 spiro atoms. The van der Waals surface area contributed by atoms with Crippen LogP contribution in [0.25, 0.3) is 11.3 Å². The van der Waals surface area contributed by atoms with Gasteiger partial charge in [0.05, 0.1) is 12.8 Å². The van der Waals surface area contributed by atoms with Crippen molar-refractivity contribution in [1.29, 1.82) is 0 Å². The number of hydrogen-bond acceptors (Lipinski definition) is 4. The highest BCUT2D eigenvalue weighted by Crippen LogP contribution is 2.29. The molecule has 2 rings (SSSR count). The average molecular weight is 257 g/mol. The highest BCUT2D eigenvalue weighted by molar-refractivity contribution is 5.89. The van der Waals surface area contributed by atoms with Crippen molar-refractivity contribution in [1.82, 2.24) is 9.97 Å². The van der Waals surface area contributed by atoms with Gasteiger partial charge in [-0.15, -0.1) is 0 Å². The van der Waals surface area contributed by atoms with Gasteiger partial charge in [0.25, 0.3) is 5.91 Å². The predicted octanol–water partition coefficient (Wildman–Crippen LogP) is 1.87. The predicted molar refractivity (Wildman–Crippen MR) is 72.0 cm³/mol. The molecule has 2 aromatic rings. The lowest BCUT2D eigenvalue weighted by molar-refractivity contribution is 0.0990. The minimum absolute atomic E-state index is 0.0126. The lowest BCUT2D eigenvalue weighted by Crippen LogP contribution is -2.16. The SMILES string of the molecule is COc1ccc(C)cc1-c1cc(C)nc(C(N)=O)n1. The highest BCUT2D eigenvalue weighted by atomic mass is 16.5. The van der Waals surface area contributed by atoms with Crippen molar-refractivity contribution < 1.29 is 9.53 Å². The first kappa shape index (κ1) is 13.0. The van der Waals surface area contributed by atoms with E-state index in [0.717, 1.165) is 11.1 Å². The minimum Gasteiger partial charge on any atom is -0.496 e. The molecule has 1 aromatic heterocycles. The van der Waals surface area contributed by atoms with Gasteiger partial charge in [-0.2, -0.15) is 0 Å². The molecule has 0 aliphatic rings. The maximum Gasteiger partial charge on any atom is 0.286 e.